The summed E-state index contributed by atoms with van der Waals surface area (Å²) in [6.45, 7) is 8.09. The Labute approximate surface area is 145 Å². The van der Waals surface area contributed by atoms with Crippen LogP contribution in [-0.4, -0.2) is 24.4 Å². The van der Waals surface area contributed by atoms with Crippen molar-refractivity contribution in [3.63, 3.8) is 0 Å². The first-order valence-electron chi connectivity index (χ1n) is 8.33. The molecule has 0 aliphatic heterocycles. The number of ether oxygens (including phenoxy) is 2. The van der Waals surface area contributed by atoms with Gasteiger partial charge in [-0.3, -0.25) is 0 Å². The summed E-state index contributed by atoms with van der Waals surface area (Å²) in [5, 5.41) is 20.8. The Balaban J connectivity index is 3.02. The molecule has 0 fully saturated rings. The Bertz CT molecular complexity index is 627. The zero-order chi connectivity index (χ0) is 18.3. The molecule has 0 aliphatic carbocycles. The quantitative estimate of drug-likeness (QED) is 0.516. The molecule has 0 spiro atoms. The maximum absolute atomic E-state index is 10.5. The third kappa shape index (κ3) is 4.70. The highest BCUT2D eigenvalue weighted by Gasteiger charge is 2.23. The van der Waals surface area contributed by atoms with Crippen LogP contribution in [0.2, 0.25) is 0 Å². The van der Waals surface area contributed by atoms with Gasteiger partial charge in [0, 0.05) is 11.1 Å². The fourth-order valence-corrected chi connectivity index (χ4v) is 2.79. The van der Waals surface area contributed by atoms with Crippen LogP contribution in [0.15, 0.2) is 23.3 Å². The summed E-state index contributed by atoms with van der Waals surface area (Å²) in [4.78, 5) is 0. The van der Waals surface area contributed by atoms with E-state index in [2.05, 4.69) is 26.0 Å². The predicted molar refractivity (Wildman–Crippen MR) is 98.4 cm³/mol. The third-order valence-corrected chi connectivity index (χ3v) is 4.18. The van der Waals surface area contributed by atoms with Crippen LogP contribution in [0.3, 0.4) is 0 Å². The topological polar surface area (TPSA) is 58.9 Å². The number of rotatable bonds is 8. The first-order chi connectivity index (χ1) is 11.4. The zero-order valence-electron chi connectivity index (χ0n) is 15.7. The smallest absolute Gasteiger partial charge is 0.207 e. The minimum Gasteiger partial charge on any atom is -0.504 e. The highest BCUT2D eigenvalue weighted by atomic mass is 16.5. The van der Waals surface area contributed by atoms with Gasteiger partial charge in [0.25, 0.3) is 0 Å². The summed E-state index contributed by atoms with van der Waals surface area (Å²) in [6.07, 6.45) is 8.04. The van der Waals surface area contributed by atoms with Crippen molar-refractivity contribution in [3.8, 4) is 23.0 Å². The largest absolute Gasteiger partial charge is 0.504 e. The first-order valence-corrected chi connectivity index (χ1v) is 8.33. The van der Waals surface area contributed by atoms with E-state index in [1.165, 1.54) is 19.8 Å². The SMILES string of the molecule is CC/C=C(\C)CC/C=C(\C)Cc1c(C)c(O)c(OC)c(OC)c1O. The summed E-state index contributed by atoms with van der Waals surface area (Å²) in [6, 6.07) is 0. The molecule has 0 aromatic heterocycles. The number of benzene rings is 1. The predicted octanol–water partition coefficient (Wildman–Crippen LogP) is 5.05. The van der Waals surface area contributed by atoms with E-state index in [1.807, 2.05) is 6.92 Å². The highest BCUT2D eigenvalue weighted by Crippen LogP contribution is 2.48. The van der Waals surface area contributed by atoms with Crippen LogP contribution in [0.25, 0.3) is 0 Å². The fourth-order valence-electron chi connectivity index (χ4n) is 2.79. The van der Waals surface area contributed by atoms with Gasteiger partial charge in [-0.1, -0.05) is 30.2 Å². The van der Waals surface area contributed by atoms with Gasteiger partial charge in [-0.25, -0.2) is 0 Å². The molecule has 0 bridgehead atoms. The molecule has 1 aromatic carbocycles. The van der Waals surface area contributed by atoms with E-state index in [0.29, 0.717) is 17.5 Å². The van der Waals surface area contributed by atoms with Crippen LogP contribution < -0.4 is 9.47 Å². The van der Waals surface area contributed by atoms with Gasteiger partial charge in [0.15, 0.2) is 11.5 Å². The van der Waals surface area contributed by atoms with E-state index in [9.17, 15) is 10.2 Å². The molecule has 134 valence electrons. The van der Waals surface area contributed by atoms with E-state index in [0.717, 1.165) is 24.8 Å². The Morgan fingerprint density at radius 2 is 1.54 bits per heavy atom. The molecule has 2 N–H and O–H groups in total. The van der Waals surface area contributed by atoms with Gasteiger partial charge in [0.05, 0.1) is 14.2 Å². The lowest BCUT2D eigenvalue weighted by Crippen LogP contribution is -1.99. The summed E-state index contributed by atoms with van der Waals surface area (Å²) < 4.78 is 10.3. The van der Waals surface area contributed by atoms with Crippen LogP contribution in [0.1, 0.15) is 51.2 Å². The van der Waals surface area contributed by atoms with Crippen molar-refractivity contribution >= 4 is 0 Å². The molecular weight excluding hydrogens is 304 g/mol. The molecule has 4 heteroatoms. The molecule has 1 rings (SSSR count). The second kappa shape index (κ2) is 9.26. The van der Waals surface area contributed by atoms with Crippen LogP contribution in [-0.2, 0) is 6.42 Å². The third-order valence-electron chi connectivity index (χ3n) is 4.18. The number of allylic oxidation sites excluding steroid dienone is 4. The summed E-state index contributed by atoms with van der Waals surface area (Å²) >= 11 is 0. The van der Waals surface area contributed by atoms with Crippen LogP contribution in [0, 0.1) is 6.92 Å². The second-order valence-electron chi connectivity index (χ2n) is 6.09. The molecule has 0 amide bonds. The average Bonchev–Trinajstić information content (AvgIpc) is 2.54. The van der Waals surface area contributed by atoms with E-state index in [4.69, 9.17) is 9.47 Å². The van der Waals surface area contributed by atoms with Gasteiger partial charge in [-0.05, 0) is 46.5 Å². The Morgan fingerprint density at radius 1 is 0.958 bits per heavy atom. The van der Waals surface area contributed by atoms with Gasteiger partial charge in [0.1, 0.15) is 0 Å². The molecule has 0 unspecified atom stereocenters. The highest BCUT2D eigenvalue weighted by molar-refractivity contribution is 5.66. The van der Waals surface area contributed by atoms with E-state index in [-0.39, 0.29) is 23.0 Å². The Morgan fingerprint density at radius 3 is 2.08 bits per heavy atom. The Kier molecular flexibility index (Phi) is 7.69. The van der Waals surface area contributed by atoms with E-state index >= 15 is 0 Å². The molecule has 1 aromatic rings. The number of phenols is 2. The number of phenolic OH excluding ortho intramolecular Hbond substituents is 2. The summed E-state index contributed by atoms with van der Waals surface area (Å²) in [5.41, 5.74) is 3.81. The normalized spacial score (nSPS) is 12.4. The molecule has 4 nitrogen and oxygen atoms in total. The van der Waals surface area contributed by atoms with Gasteiger partial charge < -0.3 is 19.7 Å². The second-order valence-corrected chi connectivity index (χ2v) is 6.09. The first kappa shape index (κ1) is 19.9. The fraction of sp³-hybridized carbons (Fsp3) is 0.500. The van der Waals surface area contributed by atoms with Gasteiger partial charge in [-0.2, -0.15) is 0 Å². The van der Waals surface area contributed by atoms with Crippen molar-refractivity contribution < 1.29 is 19.7 Å². The maximum atomic E-state index is 10.5. The number of hydrogen-bond donors (Lipinski definition) is 2. The molecule has 0 radical (unpaired) electrons. The van der Waals surface area contributed by atoms with Gasteiger partial charge in [-0.15, -0.1) is 0 Å². The molecule has 24 heavy (non-hydrogen) atoms. The maximum Gasteiger partial charge on any atom is 0.207 e. The standard InChI is InChI=1S/C20H30O4/c1-7-9-13(2)10-8-11-14(3)12-16-15(4)17(21)19(23-5)20(24-6)18(16)22/h9,11,21-22H,7-8,10,12H2,1-6H3/b13-9+,14-11+. The number of aromatic hydroxyl groups is 2. The van der Waals surface area contributed by atoms with Crippen molar-refractivity contribution in [2.45, 2.75) is 53.4 Å². The summed E-state index contributed by atoms with van der Waals surface area (Å²) in [7, 11) is 2.88. The molecule has 0 aliphatic rings. The minimum atomic E-state index is 0.0108. The zero-order valence-corrected chi connectivity index (χ0v) is 15.7. The summed E-state index contributed by atoms with van der Waals surface area (Å²) in [5.74, 6) is 0.375. The van der Waals surface area contributed by atoms with Gasteiger partial charge in [0.2, 0.25) is 11.5 Å². The van der Waals surface area contributed by atoms with Crippen molar-refractivity contribution in [3.05, 3.63) is 34.4 Å². The lowest BCUT2D eigenvalue weighted by atomic mass is 9.97. The lowest BCUT2D eigenvalue weighted by Gasteiger charge is -2.18. The van der Waals surface area contributed by atoms with Gasteiger partial charge >= 0.3 is 0 Å². The lowest BCUT2D eigenvalue weighted by molar-refractivity contribution is 0.314. The van der Waals surface area contributed by atoms with Crippen LogP contribution >= 0.6 is 0 Å². The van der Waals surface area contributed by atoms with E-state index < -0.39 is 0 Å². The van der Waals surface area contributed by atoms with Crippen LogP contribution in [0.5, 0.6) is 23.0 Å². The van der Waals surface area contributed by atoms with Crippen molar-refractivity contribution in [2.24, 2.45) is 0 Å². The number of methoxy groups -OCH3 is 2. The van der Waals surface area contributed by atoms with Crippen molar-refractivity contribution in [1.29, 1.82) is 0 Å². The molecule has 0 heterocycles. The van der Waals surface area contributed by atoms with Crippen LogP contribution in [0.4, 0.5) is 0 Å². The van der Waals surface area contributed by atoms with Crippen molar-refractivity contribution in [1.82, 2.24) is 0 Å². The minimum absolute atomic E-state index is 0.0108. The molecule has 0 saturated carbocycles. The van der Waals surface area contributed by atoms with Crippen molar-refractivity contribution in [2.75, 3.05) is 14.2 Å². The molecule has 0 saturated heterocycles. The Hall–Kier alpha value is -2.10. The monoisotopic (exact) mass is 334 g/mol. The average molecular weight is 334 g/mol. The van der Waals surface area contributed by atoms with E-state index in [1.54, 1.807) is 6.92 Å². The molecule has 0 atom stereocenters. The molecular formula is C20H30O4. The number of hydrogen-bond acceptors (Lipinski definition) is 4.